The van der Waals surface area contributed by atoms with Crippen molar-refractivity contribution in [3.8, 4) is 0 Å². The van der Waals surface area contributed by atoms with Gasteiger partial charge in [-0.3, -0.25) is 9.78 Å². The molecule has 0 saturated heterocycles. The molecule has 1 aliphatic carbocycles. The Morgan fingerprint density at radius 3 is 2.71 bits per heavy atom. The molecule has 1 N–H and O–H groups in total. The van der Waals surface area contributed by atoms with E-state index in [2.05, 4.69) is 23.3 Å². The second-order valence-corrected chi connectivity index (χ2v) is 7.59. The lowest BCUT2D eigenvalue weighted by molar-refractivity contribution is 0.0920. The summed E-state index contributed by atoms with van der Waals surface area (Å²) in [5, 5.41) is 3.23. The summed E-state index contributed by atoms with van der Waals surface area (Å²) < 4.78 is 0. The van der Waals surface area contributed by atoms with Crippen LogP contribution in [0.15, 0.2) is 53.7 Å². The second-order valence-electron chi connectivity index (χ2n) is 6.58. The number of aromatic nitrogens is 1. The van der Waals surface area contributed by atoms with Gasteiger partial charge in [0.15, 0.2) is 0 Å². The molecule has 0 aliphatic heterocycles. The van der Waals surface area contributed by atoms with Gasteiger partial charge in [-0.15, -0.1) is 11.8 Å². The quantitative estimate of drug-likeness (QED) is 0.803. The fourth-order valence-electron chi connectivity index (χ4n) is 3.09. The van der Waals surface area contributed by atoms with E-state index in [-0.39, 0.29) is 5.91 Å². The third kappa shape index (κ3) is 4.60. The first-order valence-corrected chi connectivity index (χ1v) is 9.62. The van der Waals surface area contributed by atoms with Gasteiger partial charge in [-0.05, 0) is 55.4 Å². The van der Waals surface area contributed by atoms with Crippen molar-refractivity contribution >= 4 is 17.7 Å². The summed E-state index contributed by atoms with van der Waals surface area (Å²) >= 11 is 1.69. The van der Waals surface area contributed by atoms with Crippen LogP contribution in [0, 0.1) is 5.92 Å². The molecule has 0 radical (unpaired) electrons. The van der Waals surface area contributed by atoms with Gasteiger partial charge in [-0.2, -0.15) is 0 Å². The first-order chi connectivity index (χ1) is 11.7. The predicted octanol–water partition coefficient (Wildman–Crippen LogP) is 4.68. The first-order valence-electron chi connectivity index (χ1n) is 8.64. The summed E-state index contributed by atoms with van der Waals surface area (Å²) in [6, 6.07) is 12.2. The Kier molecular flexibility index (Phi) is 5.91. The summed E-state index contributed by atoms with van der Waals surface area (Å²) in [4.78, 5) is 17.9. The largest absolute Gasteiger partial charge is 0.349 e. The van der Waals surface area contributed by atoms with Gasteiger partial charge < -0.3 is 5.32 Å². The van der Waals surface area contributed by atoms with Crippen LogP contribution in [0.4, 0.5) is 0 Å². The number of hydrogen-bond acceptors (Lipinski definition) is 3. The number of hydrogen-bond donors (Lipinski definition) is 1. The number of rotatable bonds is 5. The van der Waals surface area contributed by atoms with Crippen LogP contribution in [-0.2, 0) is 5.75 Å². The van der Waals surface area contributed by atoms with E-state index < -0.39 is 0 Å². The highest BCUT2D eigenvalue weighted by Gasteiger charge is 2.21. The molecule has 2 aromatic rings. The molecule has 1 saturated carbocycles. The minimum Gasteiger partial charge on any atom is -0.349 e. The molecule has 1 fully saturated rings. The van der Waals surface area contributed by atoms with Gasteiger partial charge in [0.1, 0.15) is 0 Å². The number of nitrogens with zero attached hydrogens (tertiary/aromatic N) is 1. The van der Waals surface area contributed by atoms with Gasteiger partial charge >= 0.3 is 0 Å². The molecule has 1 amide bonds. The van der Waals surface area contributed by atoms with Gasteiger partial charge in [0.2, 0.25) is 0 Å². The van der Waals surface area contributed by atoms with Crippen LogP contribution in [0.25, 0.3) is 0 Å². The minimum absolute atomic E-state index is 0.0591. The first kappa shape index (κ1) is 17.0. The number of carbonyl (C=O) groups is 1. The highest BCUT2D eigenvalue weighted by Crippen LogP contribution is 2.27. The van der Waals surface area contributed by atoms with Crippen molar-refractivity contribution in [1.29, 1.82) is 0 Å². The summed E-state index contributed by atoms with van der Waals surface area (Å²) in [5.74, 6) is 1.67. The van der Waals surface area contributed by atoms with Gasteiger partial charge in [0.05, 0.1) is 5.56 Å². The Morgan fingerprint density at radius 1 is 1.17 bits per heavy atom. The summed E-state index contributed by atoms with van der Waals surface area (Å²) in [7, 11) is 0. The van der Waals surface area contributed by atoms with Gasteiger partial charge in [-0.1, -0.05) is 25.1 Å². The zero-order valence-electron chi connectivity index (χ0n) is 14.1. The summed E-state index contributed by atoms with van der Waals surface area (Å²) in [6.45, 7) is 2.29. The molecule has 3 nitrogen and oxygen atoms in total. The maximum absolute atomic E-state index is 12.7. The molecular formula is C20H24N2OS. The smallest absolute Gasteiger partial charge is 0.252 e. The Morgan fingerprint density at radius 2 is 1.96 bits per heavy atom. The van der Waals surface area contributed by atoms with Gasteiger partial charge in [0.25, 0.3) is 5.91 Å². The zero-order valence-corrected chi connectivity index (χ0v) is 14.9. The van der Waals surface area contributed by atoms with Crippen LogP contribution in [0.2, 0.25) is 0 Å². The summed E-state index contributed by atoms with van der Waals surface area (Å²) in [6.07, 6.45) is 8.26. The lowest BCUT2D eigenvalue weighted by Gasteiger charge is -2.27. The average molecular weight is 340 g/mol. The van der Waals surface area contributed by atoms with Gasteiger partial charge in [-0.25, -0.2) is 0 Å². The fraction of sp³-hybridized carbons (Fsp3) is 0.400. The van der Waals surface area contributed by atoms with Crippen molar-refractivity contribution in [2.45, 2.75) is 49.3 Å². The molecule has 1 heterocycles. The average Bonchev–Trinajstić information content (AvgIpc) is 2.63. The van der Waals surface area contributed by atoms with Crippen molar-refractivity contribution in [3.05, 3.63) is 59.9 Å². The van der Waals surface area contributed by atoms with Crippen molar-refractivity contribution in [2.75, 3.05) is 0 Å². The molecule has 0 spiro atoms. The highest BCUT2D eigenvalue weighted by atomic mass is 32.2. The molecule has 1 aromatic carbocycles. The lowest BCUT2D eigenvalue weighted by atomic mass is 9.87. The van der Waals surface area contributed by atoms with Crippen LogP contribution in [0.5, 0.6) is 0 Å². The normalized spacial score (nSPS) is 20.5. The van der Waals surface area contributed by atoms with E-state index in [4.69, 9.17) is 0 Å². The molecule has 0 atom stereocenters. The van der Waals surface area contributed by atoms with Crippen LogP contribution in [0.3, 0.4) is 0 Å². The molecule has 24 heavy (non-hydrogen) atoms. The second kappa shape index (κ2) is 8.34. The molecule has 1 aromatic heterocycles. The van der Waals surface area contributed by atoms with Crippen LogP contribution < -0.4 is 5.32 Å². The molecule has 126 valence electrons. The van der Waals surface area contributed by atoms with Crippen LogP contribution in [0.1, 0.15) is 48.5 Å². The van der Waals surface area contributed by atoms with E-state index in [0.717, 1.165) is 35.0 Å². The minimum atomic E-state index is 0.0591. The van der Waals surface area contributed by atoms with E-state index in [1.165, 1.54) is 18.4 Å². The lowest BCUT2D eigenvalue weighted by Crippen LogP contribution is -2.37. The topological polar surface area (TPSA) is 42.0 Å². The number of carbonyl (C=O) groups excluding carboxylic acids is 1. The van der Waals surface area contributed by atoms with Crippen LogP contribution >= 0.6 is 11.8 Å². The third-order valence-electron chi connectivity index (χ3n) is 4.60. The Bertz CT molecular complexity index is 666. The van der Waals surface area contributed by atoms with E-state index in [9.17, 15) is 4.79 Å². The molecule has 3 rings (SSSR count). The summed E-state index contributed by atoms with van der Waals surface area (Å²) in [5.41, 5.74) is 1.95. The van der Waals surface area contributed by atoms with E-state index in [1.54, 1.807) is 18.0 Å². The molecule has 4 heteroatoms. The van der Waals surface area contributed by atoms with Crippen molar-refractivity contribution in [2.24, 2.45) is 5.92 Å². The zero-order chi connectivity index (χ0) is 16.8. The maximum atomic E-state index is 12.7. The van der Waals surface area contributed by atoms with Gasteiger partial charge in [0, 0.05) is 29.1 Å². The van der Waals surface area contributed by atoms with E-state index >= 15 is 0 Å². The fourth-order valence-corrected chi connectivity index (χ4v) is 4.08. The maximum Gasteiger partial charge on any atom is 0.252 e. The number of benzene rings is 1. The predicted molar refractivity (Wildman–Crippen MR) is 99.1 cm³/mol. The van der Waals surface area contributed by atoms with Crippen LogP contribution in [-0.4, -0.2) is 16.9 Å². The van der Waals surface area contributed by atoms with Crippen molar-refractivity contribution in [3.63, 3.8) is 0 Å². The number of thioether (sulfide) groups is 1. The number of pyridine rings is 1. The third-order valence-corrected chi connectivity index (χ3v) is 5.74. The SMILES string of the molecule is CC1CCC(NC(=O)c2ccccc2SCc2cccnc2)CC1. The Labute approximate surface area is 148 Å². The van der Waals surface area contributed by atoms with Crippen molar-refractivity contribution < 1.29 is 4.79 Å². The highest BCUT2D eigenvalue weighted by molar-refractivity contribution is 7.98. The standard InChI is InChI=1S/C20H24N2OS/c1-15-8-10-17(11-9-15)22-20(23)18-6-2-3-7-19(18)24-14-16-5-4-12-21-13-16/h2-7,12-13,15,17H,8-11,14H2,1H3,(H,22,23). The Balaban J connectivity index is 1.63. The van der Waals surface area contributed by atoms with E-state index in [0.29, 0.717) is 6.04 Å². The Hall–Kier alpha value is -1.81. The molecular weight excluding hydrogens is 316 g/mol. The number of nitrogens with one attached hydrogen (secondary N) is 1. The molecule has 0 bridgehead atoms. The monoisotopic (exact) mass is 340 g/mol. The van der Waals surface area contributed by atoms with Crippen molar-refractivity contribution in [1.82, 2.24) is 10.3 Å². The molecule has 1 aliphatic rings. The number of amides is 1. The molecule has 0 unspecified atom stereocenters. The van der Waals surface area contributed by atoms with E-state index in [1.807, 2.05) is 36.5 Å².